The number of rotatable bonds is 8. The minimum absolute atomic E-state index is 0.405. The number of ether oxygens (including phenoxy) is 1. The van der Waals surface area contributed by atoms with Crippen LogP contribution in [0, 0.1) is 0 Å². The third-order valence-corrected chi connectivity index (χ3v) is 4.97. The number of carbonyl (C=O) groups is 2. The Bertz CT molecular complexity index is 963. The predicted molar refractivity (Wildman–Crippen MR) is 97.3 cm³/mol. The number of carbonyl (C=O) groups excluding carboxylic acids is 2. The third kappa shape index (κ3) is 7.20. The lowest BCUT2D eigenvalue weighted by molar-refractivity contribution is -0.147. The van der Waals surface area contributed by atoms with Crippen LogP contribution in [-0.4, -0.2) is 33.4 Å². The smallest absolute Gasteiger partial charge is 0.416 e. The number of nitrogens with one attached hydrogen (secondary N) is 2. The fourth-order valence-electron chi connectivity index (χ4n) is 2.15. The molecule has 2 aromatic carbocycles. The Balaban J connectivity index is 1.80. The zero-order valence-corrected chi connectivity index (χ0v) is 15.7. The first-order valence-corrected chi connectivity index (χ1v) is 9.74. The minimum Gasteiger partial charge on any atom is -0.456 e. The van der Waals surface area contributed by atoms with Crippen molar-refractivity contribution in [1.82, 2.24) is 4.72 Å². The van der Waals surface area contributed by atoms with Crippen LogP contribution in [0.4, 0.5) is 18.9 Å². The van der Waals surface area contributed by atoms with Crippen molar-refractivity contribution in [2.75, 3.05) is 18.5 Å². The molecular formula is C18H17F3N2O5S. The topological polar surface area (TPSA) is 102 Å². The number of hydrogen-bond acceptors (Lipinski definition) is 5. The predicted octanol–water partition coefficient (Wildman–Crippen LogP) is 2.56. The second-order valence-corrected chi connectivity index (χ2v) is 7.52. The maximum absolute atomic E-state index is 12.7. The van der Waals surface area contributed by atoms with E-state index >= 15 is 0 Å². The molecule has 0 saturated heterocycles. The lowest BCUT2D eigenvalue weighted by Gasteiger charge is -2.10. The first-order chi connectivity index (χ1) is 13.6. The van der Waals surface area contributed by atoms with Gasteiger partial charge in [-0.25, -0.2) is 13.1 Å². The second-order valence-electron chi connectivity index (χ2n) is 5.75. The van der Waals surface area contributed by atoms with Gasteiger partial charge in [0.15, 0.2) is 6.61 Å². The van der Waals surface area contributed by atoms with Gasteiger partial charge in [-0.2, -0.15) is 13.2 Å². The van der Waals surface area contributed by atoms with Crippen molar-refractivity contribution in [3.05, 3.63) is 60.2 Å². The van der Waals surface area contributed by atoms with Gasteiger partial charge in [0, 0.05) is 12.2 Å². The van der Waals surface area contributed by atoms with Gasteiger partial charge < -0.3 is 10.1 Å². The van der Waals surface area contributed by atoms with E-state index in [9.17, 15) is 31.2 Å². The van der Waals surface area contributed by atoms with Gasteiger partial charge >= 0.3 is 12.1 Å². The summed E-state index contributed by atoms with van der Waals surface area (Å²) in [6.45, 7) is -0.966. The van der Waals surface area contributed by atoms with Crippen LogP contribution in [-0.2, 0) is 30.5 Å². The molecule has 0 aromatic heterocycles. The molecule has 2 aromatic rings. The van der Waals surface area contributed by atoms with Gasteiger partial charge in [0.05, 0.1) is 16.9 Å². The van der Waals surface area contributed by atoms with Crippen molar-refractivity contribution >= 4 is 27.6 Å². The monoisotopic (exact) mass is 430 g/mol. The normalized spacial score (nSPS) is 11.7. The largest absolute Gasteiger partial charge is 0.456 e. The molecule has 2 N–H and O–H groups in total. The van der Waals surface area contributed by atoms with E-state index in [2.05, 4.69) is 5.32 Å². The molecule has 0 aliphatic rings. The number of esters is 1. The summed E-state index contributed by atoms with van der Waals surface area (Å²) < 4.78 is 69.0. The van der Waals surface area contributed by atoms with Crippen molar-refractivity contribution in [1.29, 1.82) is 0 Å². The van der Waals surface area contributed by atoms with Crippen molar-refractivity contribution < 1.29 is 35.9 Å². The molecule has 0 atom stereocenters. The highest BCUT2D eigenvalue weighted by Gasteiger charge is 2.31. The van der Waals surface area contributed by atoms with Crippen molar-refractivity contribution in [3.63, 3.8) is 0 Å². The highest BCUT2D eigenvalue weighted by Crippen LogP contribution is 2.30. The second kappa shape index (κ2) is 9.52. The number of benzene rings is 2. The van der Waals surface area contributed by atoms with Gasteiger partial charge in [-0.1, -0.05) is 24.3 Å². The minimum atomic E-state index is -4.68. The summed E-state index contributed by atoms with van der Waals surface area (Å²) >= 11 is 0. The van der Waals surface area contributed by atoms with Gasteiger partial charge in [-0.3, -0.25) is 9.59 Å². The maximum atomic E-state index is 12.7. The lowest BCUT2D eigenvalue weighted by atomic mass is 10.2. The van der Waals surface area contributed by atoms with Crippen LogP contribution in [0.5, 0.6) is 0 Å². The zero-order chi connectivity index (χ0) is 21.5. The van der Waals surface area contributed by atoms with E-state index < -0.39 is 58.1 Å². The highest BCUT2D eigenvalue weighted by molar-refractivity contribution is 7.89. The van der Waals surface area contributed by atoms with E-state index in [0.717, 1.165) is 18.2 Å². The SMILES string of the molecule is O=C(COC(=O)CCNS(=O)(=O)c1cccc(C(F)(F)F)c1)Nc1ccccc1. The molecule has 0 heterocycles. The average molecular weight is 430 g/mol. The molecule has 0 saturated carbocycles. The van der Waals surface area contributed by atoms with E-state index in [0.29, 0.717) is 11.8 Å². The van der Waals surface area contributed by atoms with E-state index in [1.54, 1.807) is 30.3 Å². The van der Waals surface area contributed by atoms with E-state index in [4.69, 9.17) is 4.74 Å². The fourth-order valence-corrected chi connectivity index (χ4v) is 3.22. The van der Waals surface area contributed by atoms with Crippen LogP contribution >= 0.6 is 0 Å². The highest BCUT2D eigenvalue weighted by atomic mass is 32.2. The first kappa shape index (κ1) is 22.4. The van der Waals surface area contributed by atoms with Crippen molar-refractivity contribution in [3.8, 4) is 0 Å². The van der Waals surface area contributed by atoms with Crippen LogP contribution in [0.2, 0.25) is 0 Å². The summed E-state index contributed by atoms with van der Waals surface area (Å²) in [5.74, 6) is -1.42. The van der Waals surface area contributed by atoms with Crippen LogP contribution in [0.25, 0.3) is 0 Å². The zero-order valence-electron chi connectivity index (χ0n) is 14.9. The molecule has 0 aliphatic carbocycles. The Morgan fingerprint density at radius 3 is 2.34 bits per heavy atom. The van der Waals surface area contributed by atoms with Crippen LogP contribution in [0.3, 0.4) is 0 Å². The maximum Gasteiger partial charge on any atom is 0.416 e. The summed E-state index contributed by atoms with van der Waals surface area (Å²) in [5.41, 5.74) is -0.591. The standard InChI is InChI=1S/C18H17F3N2O5S/c19-18(20,21)13-5-4-8-15(11-13)29(26,27)22-10-9-17(25)28-12-16(24)23-14-6-2-1-3-7-14/h1-8,11,22H,9-10,12H2,(H,23,24). The number of halogens is 3. The molecule has 0 unspecified atom stereocenters. The first-order valence-electron chi connectivity index (χ1n) is 8.25. The summed E-state index contributed by atoms with van der Waals surface area (Å²) in [6, 6.07) is 11.7. The summed E-state index contributed by atoms with van der Waals surface area (Å²) in [5, 5.41) is 2.50. The molecule has 7 nitrogen and oxygen atoms in total. The van der Waals surface area contributed by atoms with Crippen molar-refractivity contribution in [2.45, 2.75) is 17.5 Å². The number of anilines is 1. The van der Waals surface area contributed by atoms with Gasteiger partial charge in [-0.05, 0) is 30.3 Å². The Hall–Kier alpha value is -2.92. The number of hydrogen-bond donors (Lipinski definition) is 2. The Morgan fingerprint density at radius 1 is 1.00 bits per heavy atom. The van der Waals surface area contributed by atoms with E-state index in [1.807, 2.05) is 4.72 Å². The molecule has 29 heavy (non-hydrogen) atoms. The molecule has 0 spiro atoms. The lowest BCUT2D eigenvalue weighted by Crippen LogP contribution is -2.28. The summed E-state index contributed by atoms with van der Waals surface area (Å²) in [6.07, 6.45) is -5.09. The number of amides is 1. The number of para-hydroxylation sites is 1. The Labute approximate surface area is 164 Å². The van der Waals surface area contributed by atoms with Crippen LogP contribution in [0.15, 0.2) is 59.5 Å². The molecule has 11 heteroatoms. The van der Waals surface area contributed by atoms with Gasteiger partial charge in [0.2, 0.25) is 10.0 Å². The molecule has 0 aliphatic heterocycles. The molecule has 0 bridgehead atoms. The summed E-state index contributed by atoms with van der Waals surface area (Å²) in [4.78, 5) is 22.7. The summed E-state index contributed by atoms with van der Waals surface area (Å²) in [7, 11) is -4.25. The molecule has 0 radical (unpaired) electrons. The number of sulfonamides is 1. The van der Waals surface area contributed by atoms with Gasteiger partial charge in [0.1, 0.15) is 0 Å². The van der Waals surface area contributed by atoms with Crippen molar-refractivity contribution in [2.24, 2.45) is 0 Å². The fraction of sp³-hybridized carbons (Fsp3) is 0.222. The third-order valence-electron chi connectivity index (χ3n) is 3.51. The molecule has 0 fully saturated rings. The van der Waals surface area contributed by atoms with Crippen LogP contribution < -0.4 is 10.0 Å². The van der Waals surface area contributed by atoms with Gasteiger partial charge in [0.25, 0.3) is 5.91 Å². The van der Waals surface area contributed by atoms with E-state index in [-0.39, 0.29) is 0 Å². The Kier molecular flexibility index (Phi) is 7.35. The van der Waals surface area contributed by atoms with Crippen LogP contribution in [0.1, 0.15) is 12.0 Å². The van der Waals surface area contributed by atoms with Gasteiger partial charge in [-0.15, -0.1) is 0 Å². The molecule has 2 rings (SSSR count). The molecule has 1 amide bonds. The average Bonchev–Trinajstić information content (AvgIpc) is 2.66. The number of alkyl halides is 3. The molecular weight excluding hydrogens is 413 g/mol. The quantitative estimate of drug-likeness (QED) is 0.627. The van der Waals surface area contributed by atoms with E-state index in [1.165, 1.54) is 0 Å². The molecule has 156 valence electrons. The Morgan fingerprint density at radius 2 is 1.69 bits per heavy atom.